The number of carboxylic acids is 1. The first-order valence-electron chi connectivity index (χ1n) is 5.03. The molecule has 0 aliphatic heterocycles. The number of para-hydroxylation sites is 1. The fraction of sp³-hybridized carbons (Fsp3) is 0.300. The summed E-state index contributed by atoms with van der Waals surface area (Å²) in [5, 5.41) is 8.51. The van der Waals surface area contributed by atoms with Crippen molar-refractivity contribution in [2.45, 2.75) is 6.42 Å². The van der Waals surface area contributed by atoms with Crippen LogP contribution in [0.25, 0.3) is 0 Å². The quantitative estimate of drug-likeness (QED) is 0.824. The molecule has 0 saturated heterocycles. The molecule has 100 valence electrons. The van der Waals surface area contributed by atoms with Gasteiger partial charge >= 0.3 is 16.2 Å². The Morgan fingerprint density at radius 1 is 1.44 bits per heavy atom. The lowest BCUT2D eigenvalue weighted by molar-refractivity contribution is -0.137. The predicted molar refractivity (Wildman–Crippen MR) is 71.6 cm³/mol. The summed E-state index contributed by atoms with van der Waals surface area (Å²) >= 11 is 3.22. The number of carboxylic acid groups (broad SMARTS) is 1. The number of rotatable bonds is 6. The van der Waals surface area contributed by atoms with E-state index in [9.17, 15) is 13.2 Å². The third-order valence-electron chi connectivity index (χ3n) is 2.16. The Morgan fingerprint density at radius 2 is 2.06 bits per heavy atom. The van der Waals surface area contributed by atoms with Gasteiger partial charge in [0.1, 0.15) is 0 Å². The minimum atomic E-state index is -3.74. The number of anilines is 1. The summed E-state index contributed by atoms with van der Waals surface area (Å²) in [6.45, 7) is -0.0882. The van der Waals surface area contributed by atoms with Crippen molar-refractivity contribution >= 4 is 37.8 Å². The summed E-state index contributed by atoms with van der Waals surface area (Å²) < 4.78 is 27.7. The second-order valence-corrected chi connectivity index (χ2v) is 6.18. The van der Waals surface area contributed by atoms with E-state index in [-0.39, 0.29) is 13.0 Å². The molecule has 2 N–H and O–H groups in total. The van der Waals surface area contributed by atoms with E-state index in [0.717, 1.165) is 4.31 Å². The normalized spacial score (nSPS) is 11.5. The van der Waals surface area contributed by atoms with Gasteiger partial charge in [-0.2, -0.15) is 12.7 Å². The predicted octanol–water partition coefficient (Wildman–Crippen LogP) is 1.51. The molecule has 0 aromatic heterocycles. The number of halogens is 1. The van der Waals surface area contributed by atoms with Crippen molar-refractivity contribution < 1.29 is 18.3 Å². The Kier molecular flexibility index (Phi) is 5.12. The molecular formula is C10H13BrN2O4S. The van der Waals surface area contributed by atoms with E-state index in [4.69, 9.17) is 5.11 Å². The van der Waals surface area contributed by atoms with Crippen LogP contribution in [0.3, 0.4) is 0 Å². The van der Waals surface area contributed by atoms with Crippen molar-refractivity contribution in [3.8, 4) is 0 Å². The minimum Gasteiger partial charge on any atom is -0.481 e. The van der Waals surface area contributed by atoms with E-state index in [2.05, 4.69) is 20.7 Å². The van der Waals surface area contributed by atoms with Crippen LogP contribution in [0.5, 0.6) is 0 Å². The first kappa shape index (κ1) is 14.9. The van der Waals surface area contributed by atoms with Crippen molar-refractivity contribution in [3.63, 3.8) is 0 Å². The molecular weight excluding hydrogens is 324 g/mol. The zero-order valence-electron chi connectivity index (χ0n) is 9.63. The number of benzene rings is 1. The van der Waals surface area contributed by atoms with Crippen LogP contribution in [0.4, 0.5) is 5.69 Å². The van der Waals surface area contributed by atoms with Crippen LogP contribution in [0.2, 0.25) is 0 Å². The molecule has 18 heavy (non-hydrogen) atoms. The van der Waals surface area contributed by atoms with Crippen molar-refractivity contribution in [2.24, 2.45) is 0 Å². The number of nitrogens with zero attached hydrogens (tertiary/aromatic N) is 1. The van der Waals surface area contributed by atoms with Gasteiger partial charge in [-0.05, 0) is 28.1 Å². The topological polar surface area (TPSA) is 86.7 Å². The molecule has 1 aromatic carbocycles. The van der Waals surface area contributed by atoms with Crippen molar-refractivity contribution in [3.05, 3.63) is 28.7 Å². The van der Waals surface area contributed by atoms with Gasteiger partial charge < -0.3 is 5.11 Å². The summed E-state index contributed by atoms with van der Waals surface area (Å²) in [4.78, 5) is 10.4. The largest absolute Gasteiger partial charge is 0.481 e. The fourth-order valence-corrected chi connectivity index (χ4v) is 2.59. The van der Waals surface area contributed by atoms with Crippen molar-refractivity contribution in [1.29, 1.82) is 0 Å². The number of hydrogen-bond acceptors (Lipinski definition) is 3. The Balaban J connectivity index is 2.76. The standard InChI is InChI=1S/C10H13BrN2O4S/c1-13(7-6-10(14)15)18(16,17)12-9-5-3-2-4-8(9)11/h2-5,12H,6-7H2,1H3,(H,14,15). The molecule has 0 bridgehead atoms. The maximum Gasteiger partial charge on any atom is 0.304 e. The minimum absolute atomic E-state index is 0.0882. The third-order valence-corrected chi connectivity index (χ3v) is 4.34. The van der Waals surface area contributed by atoms with Crippen LogP contribution < -0.4 is 4.72 Å². The number of hydrogen-bond donors (Lipinski definition) is 2. The van der Waals surface area contributed by atoms with Crippen LogP contribution in [-0.2, 0) is 15.0 Å². The molecule has 1 aromatic rings. The van der Waals surface area contributed by atoms with E-state index < -0.39 is 16.2 Å². The molecule has 0 amide bonds. The lowest BCUT2D eigenvalue weighted by atomic mass is 10.3. The smallest absolute Gasteiger partial charge is 0.304 e. The van der Waals surface area contributed by atoms with E-state index >= 15 is 0 Å². The van der Waals surface area contributed by atoms with Gasteiger partial charge in [-0.15, -0.1) is 0 Å². The summed E-state index contributed by atoms with van der Waals surface area (Å²) in [6.07, 6.45) is -0.243. The van der Waals surface area contributed by atoms with Gasteiger partial charge in [0, 0.05) is 18.1 Å². The first-order chi connectivity index (χ1) is 8.33. The van der Waals surface area contributed by atoms with E-state index in [1.807, 2.05) is 0 Å². The summed E-state index contributed by atoms with van der Waals surface area (Å²) in [7, 11) is -2.42. The molecule has 0 atom stereocenters. The monoisotopic (exact) mass is 336 g/mol. The Hall–Kier alpha value is -1.12. The van der Waals surface area contributed by atoms with Crippen LogP contribution in [0, 0.1) is 0 Å². The van der Waals surface area contributed by atoms with E-state index in [0.29, 0.717) is 10.2 Å². The lowest BCUT2D eigenvalue weighted by Gasteiger charge is -2.18. The first-order valence-corrected chi connectivity index (χ1v) is 7.26. The molecule has 0 aliphatic rings. The fourth-order valence-electron chi connectivity index (χ4n) is 1.13. The highest BCUT2D eigenvalue weighted by Crippen LogP contribution is 2.22. The Bertz CT molecular complexity index is 532. The van der Waals surface area contributed by atoms with Gasteiger partial charge in [-0.1, -0.05) is 12.1 Å². The molecule has 0 radical (unpaired) electrons. The highest BCUT2D eigenvalue weighted by Gasteiger charge is 2.19. The Labute approximate surface area is 114 Å². The maximum absolute atomic E-state index is 11.9. The molecule has 0 unspecified atom stereocenters. The third kappa shape index (κ3) is 4.28. The molecule has 0 heterocycles. The average molecular weight is 337 g/mol. The number of aliphatic carboxylic acids is 1. The highest BCUT2D eigenvalue weighted by atomic mass is 79.9. The van der Waals surface area contributed by atoms with Gasteiger partial charge in [0.15, 0.2) is 0 Å². The molecule has 0 aliphatic carbocycles. The van der Waals surface area contributed by atoms with E-state index in [1.54, 1.807) is 24.3 Å². The second-order valence-electron chi connectivity index (χ2n) is 3.55. The average Bonchev–Trinajstić information content (AvgIpc) is 2.28. The van der Waals surface area contributed by atoms with Gasteiger partial charge in [0.05, 0.1) is 12.1 Å². The highest BCUT2D eigenvalue weighted by molar-refractivity contribution is 9.10. The lowest BCUT2D eigenvalue weighted by Crippen LogP contribution is -2.34. The van der Waals surface area contributed by atoms with Crippen LogP contribution in [0.15, 0.2) is 28.7 Å². The second kappa shape index (κ2) is 6.17. The molecule has 8 heteroatoms. The van der Waals surface area contributed by atoms with E-state index in [1.165, 1.54) is 7.05 Å². The molecule has 0 spiro atoms. The zero-order chi connectivity index (χ0) is 13.8. The maximum atomic E-state index is 11.9. The number of nitrogens with one attached hydrogen (secondary N) is 1. The SMILES string of the molecule is CN(CCC(=O)O)S(=O)(=O)Nc1ccccc1Br. The van der Waals surface area contributed by atoms with Gasteiger partial charge in [-0.3, -0.25) is 9.52 Å². The van der Waals surface area contributed by atoms with Gasteiger partial charge in [0.2, 0.25) is 0 Å². The summed E-state index contributed by atoms with van der Waals surface area (Å²) in [6, 6.07) is 6.76. The number of carbonyl (C=O) groups is 1. The van der Waals surface area contributed by atoms with Gasteiger partial charge in [0.25, 0.3) is 0 Å². The zero-order valence-corrected chi connectivity index (χ0v) is 12.0. The van der Waals surface area contributed by atoms with Crippen molar-refractivity contribution in [2.75, 3.05) is 18.3 Å². The molecule has 0 saturated carbocycles. The van der Waals surface area contributed by atoms with Crippen LogP contribution >= 0.6 is 15.9 Å². The summed E-state index contributed by atoms with van der Waals surface area (Å²) in [5.41, 5.74) is 0.402. The molecule has 1 rings (SSSR count). The molecule has 6 nitrogen and oxygen atoms in total. The van der Waals surface area contributed by atoms with Gasteiger partial charge in [-0.25, -0.2) is 0 Å². The van der Waals surface area contributed by atoms with Crippen LogP contribution in [-0.4, -0.2) is 37.4 Å². The van der Waals surface area contributed by atoms with Crippen LogP contribution in [0.1, 0.15) is 6.42 Å². The molecule has 0 fully saturated rings. The van der Waals surface area contributed by atoms with Crippen molar-refractivity contribution in [1.82, 2.24) is 4.31 Å². The summed E-state index contributed by atoms with van der Waals surface area (Å²) in [5.74, 6) is -1.04. The Morgan fingerprint density at radius 3 is 2.61 bits per heavy atom.